The maximum absolute atomic E-state index is 12.9. The van der Waals surface area contributed by atoms with E-state index in [4.69, 9.17) is 9.47 Å². The molecule has 0 saturated carbocycles. The van der Waals surface area contributed by atoms with Crippen LogP contribution in [0.4, 0.5) is 0 Å². The maximum atomic E-state index is 12.9. The minimum Gasteiger partial charge on any atom is -0.493 e. The second-order valence-corrected chi connectivity index (χ2v) is 7.04. The molecule has 23 heavy (non-hydrogen) atoms. The maximum Gasteiger partial charge on any atom is 0.243 e. The van der Waals surface area contributed by atoms with Gasteiger partial charge < -0.3 is 9.47 Å². The number of ether oxygens (including phenoxy) is 2. The molecule has 7 nitrogen and oxygen atoms in total. The third-order valence-corrected chi connectivity index (χ3v) is 5.66. The summed E-state index contributed by atoms with van der Waals surface area (Å²) in [6.07, 6.45) is 3.72. The van der Waals surface area contributed by atoms with Crippen molar-refractivity contribution in [3.8, 4) is 11.5 Å². The Labute approximate surface area is 134 Å². The van der Waals surface area contributed by atoms with Crippen LogP contribution in [0.25, 0.3) is 0 Å². The molecule has 2 heterocycles. The SMILES string of the molecule is COc1ccc(S(=O)(=O)N2CCc3ncncc3C2)cc1OC. The standard InChI is InChI=1S/C15H17N3O4S/c1-21-14-4-3-12(7-15(14)22-2)23(19,20)18-6-5-13-11(9-18)8-16-10-17-13/h3-4,7-8,10H,5-6,9H2,1-2H3. The minimum absolute atomic E-state index is 0.176. The molecule has 1 aliphatic rings. The van der Waals surface area contributed by atoms with Crippen LogP contribution < -0.4 is 9.47 Å². The molecule has 0 aliphatic carbocycles. The van der Waals surface area contributed by atoms with Gasteiger partial charge in [-0.25, -0.2) is 18.4 Å². The van der Waals surface area contributed by atoms with Crippen LogP contribution in [-0.4, -0.2) is 43.5 Å². The molecule has 122 valence electrons. The Balaban J connectivity index is 1.94. The number of methoxy groups -OCH3 is 2. The lowest BCUT2D eigenvalue weighted by molar-refractivity contribution is 0.353. The van der Waals surface area contributed by atoms with Crippen molar-refractivity contribution in [3.63, 3.8) is 0 Å². The van der Waals surface area contributed by atoms with Gasteiger partial charge >= 0.3 is 0 Å². The van der Waals surface area contributed by atoms with Crippen molar-refractivity contribution in [3.05, 3.63) is 42.0 Å². The van der Waals surface area contributed by atoms with E-state index in [1.54, 1.807) is 12.3 Å². The second-order valence-electron chi connectivity index (χ2n) is 5.10. The molecule has 1 aromatic heterocycles. The number of rotatable bonds is 4. The van der Waals surface area contributed by atoms with E-state index in [1.807, 2.05) is 0 Å². The molecule has 0 spiro atoms. The number of aromatic nitrogens is 2. The molecule has 0 radical (unpaired) electrons. The smallest absolute Gasteiger partial charge is 0.243 e. The largest absolute Gasteiger partial charge is 0.493 e. The predicted molar refractivity (Wildman–Crippen MR) is 82.9 cm³/mol. The minimum atomic E-state index is -3.62. The monoisotopic (exact) mass is 335 g/mol. The molecule has 0 bridgehead atoms. The van der Waals surface area contributed by atoms with Gasteiger partial charge in [-0.3, -0.25) is 0 Å². The van der Waals surface area contributed by atoms with Gasteiger partial charge in [0.25, 0.3) is 0 Å². The first-order chi connectivity index (χ1) is 11.1. The van der Waals surface area contributed by atoms with E-state index in [-0.39, 0.29) is 11.4 Å². The van der Waals surface area contributed by atoms with Gasteiger partial charge in [0.15, 0.2) is 11.5 Å². The number of nitrogens with zero attached hydrogens (tertiary/aromatic N) is 3. The Hall–Kier alpha value is -2.19. The summed E-state index contributed by atoms with van der Waals surface area (Å²) >= 11 is 0. The molecule has 0 saturated heterocycles. The molecular weight excluding hydrogens is 318 g/mol. The third kappa shape index (κ3) is 2.87. The number of fused-ring (bicyclic) bond motifs is 1. The lowest BCUT2D eigenvalue weighted by Crippen LogP contribution is -2.36. The topological polar surface area (TPSA) is 81.6 Å². The fraction of sp³-hybridized carbons (Fsp3) is 0.333. The van der Waals surface area contributed by atoms with Gasteiger partial charge in [-0.05, 0) is 12.1 Å². The molecule has 0 unspecified atom stereocenters. The third-order valence-electron chi connectivity index (χ3n) is 3.82. The van der Waals surface area contributed by atoms with Crippen molar-refractivity contribution in [1.82, 2.24) is 14.3 Å². The lowest BCUT2D eigenvalue weighted by atomic mass is 10.1. The van der Waals surface area contributed by atoms with Crippen LogP contribution in [-0.2, 0) is 23.0 Å². The van der Waals surface area contributed by atoms with Gasteiger partial charge in [0.05, 0.1) is 19.1 Å². The van der Waals surface area contributed by atoms with Gasteiger partial charge in [0.2, 0.25) is 10.0 Å². The Morgan fingerprint density at radius 2 is 1.96 bits per heavy atom. The normalized spacial score (nSPS) is 15.0. The molecule has 0 fully saturated rings. The van der Waals surface area contributed by atoms with E-state index in [9.17, 15) is 8.42 Å². The second kappa shape index (κ2) is 6.13. The van der Waals surface area contributed by atoms with Crippen LogP contribution in [0.5, 0.6) is 11.5 Å². The Bertz CT molecular complexity index is 823. The molecule has 1 aliphatic heterocycles. The summed E-state index contributed by atoms with van der Waals surface area (Å²) in [5.41, 5.74) is 1.74. The molecule has 1 aromatic carbocycles. The van der Waals surface area contributed by atoms with Gasteiger partial charge in [-0.1, -0.05) is 0 Å². The van der Waals surface area contributed by atoms with Crippen LogP contribution >= 0.6 is 0 Å². The summed E-state index contributed by atoms with van der Waals surface area (Å²) in [6, 6.07) is 4.59. The molecule has 3 rings (SSSR count). The number of hydrogen-bond donors (Lipinski definition) is 0. The zero-order valence-electron chi connectivity index (χ0n) is 12.9. The fourth-order valence-electron chi connectivity index (χ4n) is 2.57. The number of sulfonamides is 1. The summed E-state index contributed by atoms with van der Waals surface area (Å²) < 4.78 is 37.5. The Kier molecular flexibility index (Phi) is 4.18. The summed E-state index contributed by atoms with van der Waals surface area (Å²) in [5.74, 6) is 0.873. The summed E-state index contributed by atoms with van der Waals surface area (Å²) in [5, 5.41) is 0. The highest BCUT2D eigenvalue weighted by atomic mass is 32.2. The fourth-order valence-corrected chi connectivity index (χ4v) is 4.01. The van der Waals surface area contributed by atoms with Crippen LogP contribution in [0.15, 0.2) is 35.6 Å². The van der Waals surface area contributed by atoms with Crippen molar-refractivity contribution in [1.29, 1.82) is 0 Å². The van der Waals surface area contributed by atoms with Crippen LogP contribution in [0.1, 0.15) is 11.3 Å². The molecule has 8 heteroatoms. The average Bonchev–Trinajstić information content (AvgIpc) is 2.60. The molecular formula is C15H17N3O4S. The Morgan fingerprint density at radius 3 is 2.70 bits per heavy atom. The van der Waals surface area contributed by atoms with Crippen LogP contribution in [0.3, 0.4) is 0 Å². The zero-order valence-corrected chi connectivity index (χ0v) is 13.7. The van der Waals surface area contributed by atoms with Crippen molar-refractivity contribution >= 4 is 10.0 Å². The predicted octanol–water partition coefficient (Wildman–Crippen LogP) is 1.24. The van der Waals surface area contributed by atoms with Crippen LogP contribution in [0, 0.1) is 0 Å². The van der Waals surface area contributed by atoms with E-state index < -0.39 is 10.0 Å². The molecule has 2 aromatic rings. The van der Waals surface area contributed by atoms with Gasteiger partial charge in [0.1, 0.15) is 6.33 Å². The highest BCUT2D eigenvalue weighted by molar-refractivity contribution is 7.89. The van der Waals surface area contributed by atoms with Gasteiger partial charge in [-0.2, -0.15) is 4.31 Å². The van der Waals surface area contributed by atoms with Crippen molar-refractivity contribution in [2.24, 2.45) is 0 Å². The molecule has 0 atom stereocenters. The lowest BCUT2D eigenvalue weighted by Gasteiger charge is -2.27. The first kappa shape index (κ1) is 15.7. The van der Waals surface area contributed by atoms with E-state index in [0.717, 1.165) is 11.3 Å². The number of benzene rings is 1. The van der Waals surface area contributed by atoms with E-state index in [0.29, 0.717) is 24.5 Å². The highest BCUT2D eigenvalue weighted by Gasteiger charge is 2.29. The van der Waals surface area contributed by atoms with E-state index in [2.05, 4.69) is 9.97 Å². The highest BCUT2D eigenvalue weighted by Crippen LogP contribution is 2.31. The van der Waals surface area contributed by atoms with Crippen molar-refractivity contribution < 1.29 is 17.9 Å². The average molecular weight is 335 g/mol. The van der Waals surface area contributed by atoms with E-state index in [1.165, 1.54) is 37.0 Å². The van der Waals surface area contributed by atoms with Gasteiger partial charge in [-0.15, -0.1) is 0 Å². The van der Waals surface area contributed by atoms with Crippen molar-refractivity contribution in [2.45, 2.75) is 17.9 Å². The molecule has 0 amide bonds. The molecule has 0 N–H and O–H groups in total. The van der Waals surface area contributed by atoms with Crippen molar-refractivity contribution in [2.75, 3.05) is 20.8 Å². The zero-order chi connectivity index (χ0) is 16.4. The first-order valence-corrected chi connectivity index (χ1v) is 8.50. The summed E-state index contributed by atoms with van der Waals surface area (Å²) in [6.45, 7) is 0.660. The Morgan fingerprint density at radius 1 is 1.17 bits per heavy atom. The summed E-state index contributed by atoms with van der Waals surface area (Å²) in [4.78, 5) is 8.33. The quantitative estimate of drug-likeness (QED) is 0.836. The number of hydrogen-bond acceptors (Lipinski definition) is 6. The van der Waals surface area contributed by atoms with E-state index >= 15 is 0 Å². The van der Waals surface area contributed by atoms with Gasteiger partial charge in [0, 0.05) is 43.0 Å². The summed E-state index contributed by atoms with van der Waals surface area (Å²) in [7, 11) is -0.638. The van der Waals surface area contributed by atoms with Crippen LogP contribution in [0.2, 0.25) is 0 Å². The first-order valence-electron chi connectivity index (χ1n) is 7.06.